The smallest absolute Gasteiger partial charge is 0.335 e. The van der Waals surface area contributed by atoms with Crippen LogP contribution < -0.4 is 33.7 Å². The molecule has 14 rings (SSSR count). The lowest BCUT2D eigenvalue weighted by Gasteiger charge is -2.44. The summed E-state index contributed by atoms with van der Waals surface area (Å²) in [6.07, 6.45) is 0. The third-order valence-corrected chi connectivity index (χ3v) is 23.7. The number of carboxylic acids is 1. The lowest BCUT2D eigenvalue weighted by molar-refractivity contribution is -0.139. The topological polar surface area (TPSA) is 247 Å². The Labute approximate surface area is 648 Å². The van der Waals surface area contributed by atoms with E-state index in [-0.39, 0.29) is 83.6 Å². The minimum Gasteiger partial charge on any atom is -0.493 e. The molecule has 111 heavy (non-hydrogen) atoms. The van der Waals surface area contributed by atoms with E-state index in [1.807, 2.05) is 109 Å². The van der Waals surface area contributed by atoms with Crippen molar-refractivity contribution in [2.75, 3.05) is 120 Å². The van der Waals surface area contributed by atoms with E-state index in [1.54, 1.807) is 57.2 Å². The highest BCUT2D eigenvalue weighted by molar-refractivity contribution is 7.89. The molecular formula is C86H90N8O15S2. The molecule has 4 saturated heterocycles. The molecule has 23 nitrogen and oxygen atoms in total. The molecule has 0 bridgehead atoms. The van der Waals surface area contributed by atoms with Gasteiger partial charge in [0.2, 0.25) is 31.9 Å². The van der Waals surface area contributed by atoms with Crippen molar-refractivity contribution in [3.8, 4) is 46.0 Å². The summed E-state index contributed by atoms with van der Waals surface area (Å²) in [5.74, 6) is 2.23. The number of hydrogen-bond acceptors (Lipinski definition) is 17. The van der Waals surface area contributed by atoms with Crippen LogP contribution in [-0.2, 0) is 29.6 Å². The van der Waals surface area contributed by atoms with Crippen LogP contribution in [0.1, 0.15) is 55.1 Å². The van der Waals surface area contributed by atoms with Crippen molar-refractivity contribution in [3.63, 3.8) is 0 Å². The molecule has 0 radical (unpaired) electrons. The zero-order valence-electron chi connectivity index (χ0n) is 62.2. The second-order valence-corrected chi connectivity index (χ2v) is 30.4. The molecule has 0 spiro atoms. The standard InChI is InChI=1S/C43H44N4O7S.C30H36N4O5S.C13H10O3/c1-52-39-23-22-37(30-40(39)53-2)55(50,51)47-29-28-46(42(48)34-18-20-36(21-19-34)54-35-16-10-5-11-17-35)31-38(47)43(49)45-26-24-44(25-27-45)41(32-12-6-3-7-13-32)33-14-8-4-9-15-33;1-38-27-14-13-25(21-28(27)39-2)40(36,37)34-16-15-31-22-26(34)30(35)33-19-17-32(18-20-33)29(23-9-5-3-6-10-23)24-11-7-4-8-12-24;14-13(15)10-6-8-12(9-7-10)16-11-4-2-1-3-5-11/h3-23,30,38,41H,24-29,31H2,1-2H3;3-14,21,26,29,31H,15-20,22H2,1-2H3;1-9H,(H,14,15)/t38-;26-;/m00./s1. The Morgan fingerprint density at radius 1 is 0.369 bits per heavy atom. The van der Waals surface area contributed by atoms with Crippen molar-refractivity contribution in [1.29, 1.82) is 0 Å². The van der Waals surface area contributed by atoms with Crippen molar-refractivity contribution in [1.82, 2.24) is 38.4 Å². The number of para-hydroxylation sites is 2. The normalized spacial score (nSPS) is 16.6. The lowest BCUT2D eigenvalue weighted by atomic mass is 9.96. The Bertz CT molecular complexity index is 4880. The summed E-state index contributed by atoms with van der Waals surface area (Å²) in [4.78, 5) is 62.9. The van der Waals surface area contributed by atoms with Gasteiger partial charge in [-0.05, 0) is 119 Å². The summed E-state index contributed by atoms with van der Waals surface area (Å²) in [5, 5.41) is 11.9. The Kier molecular flexibility index (Phi) is 26.6. The zero-order chi connectivity index (χ0) is 77.9. The largest absolute Gasteiger partial charge is 0.493 e. The molecule has 0 saturated carbocycles. The Morgan fingerprint density at radius 3 is 1.07 bits per heavy atom. The number of aromatic carboxylic acids is 1. The highest BCUT2D eigenvalue weighted by Crippen LogP contribution is 2.37. The summed E-state index contributed by atoms with van der Waals surface area (Å²) in [6, 6.07) is 80.1. The molecule has 4 heterocycles. The fraction of sp³-hybridized carbons (Fsp3) is 0.256. The van der Waals surface area contributed by atoms with Crippen LogP contribution >= 0.6 is 0 Å². The highest BCUT2D eigenvalue weighted by Gasteiger charge is 2.45. The molecule has 4 aliphatic rings. The van der Waals surface area contributed by atoms with E-state index in [9.17, 15) is 36.0 Å². The fourth-order valence-electron chi connectivity index (χ4n) is 14.2. The number of methoxy groups -OCH3 is 4. The predicted octanol–water partition coefficient (Wildman–Crippen LogP) is 11.7. The van der Waals surface area contributed by atoms with Crippen LogP contribution in [0.2, 0.25) is 0 Å². The molecule has 10 aromatic rings. The van der Waals surface area contributed by atoms with Crippen molar-refractivity contribution in [2.24, 2.45) is 0 Å². The van der Waals surface area contributed by atoms with E-state index in [2.05, 4.69) is 87.9 Å². The molecule has 3 amide bonds. The zero-order valence-corrected chi connectivity index (χ0v) is 63.9. The van der Waals surface area contributed by atoms with Crippen LogP contribution in [-0.4, -0.2) is 211 Å². The number of piperazine rings is 4. The number of hydrogen-bond donors (Lipinski definition) is 2. The predicted molar refractivity (Wildman–Crippen MR) is 422 cm³/mol. The summed E-state index contributed by atoms with van der Waals surface area (Å²) in [7, 11) is -2.29. The molecule has 4 fully saturated rings. The minimum absolute atomic E-state index is 0.00569. The van der Waals surface area contributed by atoms with Crippen LogP contribution in [0.25, 0.3) is 0 Å². The number of amides is 3. The van der Waals surface area contributed by atoms with Gasteiger partial charge in [0.15, 0.2) is 23.0 Å². The fourth-order valence-corrected chi connectivity index (χ4v) is 17.4. The first kappa shape index (κ1) is 79.1. The maximum absolute atomic E-state index is 14.6. The van der Waals surface area contributed by atoms with Gasteiger partial charge < -0.3 is 53.5 Å². The number of ether oxygens (including phenoxy) is 6. The molecule has 0 unspecified atom stereocenters. The van der Waals surface area contributed by atoms with E-state index in [1.165, 1.54) is 90.6 Å². The van der Waals surface area contributed by atoms with Gasteiger partial charge in [-0.25, -0.2) is 21.6 Å². The Hall–Kier alpha value is -11.4. The van der Waals surface area contributed by atoms with Crippen LogP contribution in [0.3, 0.4) is 0 Å². The van der Waals surface area contributed by atoms with E-state index in [4.69, 9.17) is 33.5 Å². The number of carbonyl (C=O) groups excluding carboxylic acids is 3. The highest BCUT2D eigenvalue weighted by atomic mass is 32.2. The molecule has 2 N–H and O–H groups in total. The van der Waals surface area contributed by atoms with Gasteiger partial charge in [0.25, 0.3) is 5.91 Å². The molecular weight excluding hydrogens is 1450 g/mol. The van der Waals surface area contributed by atoms with Crippen molar-refractivity contribution >= 4 is 43.7 Å². The van der Waals surface area contributed by atoms with Crippen LogP contribution in [0.5, 0.6) is 46.0 Å². The number of benzene rings is 10. The van der Waals surface area contributed by atoms with Crippen LogP contribution in [0.4, 0.5) is 0 Å². The summed E-state index contributed by atoms with van der Waals surface area (Å²) >= 11 is 0. The minimum atomic E-state index is -4.21. The third kappa shape index (κ3) is 19.2. The van der Waals surface area contributed by atoms with Gasteiger partial charge in [0.1, 0.15) is 35.1 Å². The molecule has 25 heteroatoms. The van der Waals surface area contributed by atoms with Crippen LogP contribution in [0, 0.1) is 0 Å². The van der Waals surface area contributed by atoms with Crippen molar-refractivity contribution in [2.45, 2.75) is 34.0 Å². The van der Waals surface area contributed by atoms with E-state index < -0.39 is 38.1 Å². The molecule has 0 aliphatic carbocycles. The lowest BCUT2D eigenvalue weighted by Crippen LogP contribution is -2.63. The van der Waals surface area contributed by atoms with Gasteiger partial charge in [0.05, 0.1) is 55.9 Å². The summed E-state index contributed by atoms with van der Waals surface area (Å²) < 4.78 is 91.5. The SMILES string of the molecule is COc1ccc(S(=O)(=O)N2CCN(C(=O)c3ccc(Oc4ccccc4)cc3)C[C@H]2C(=O)N2CCN(C(c3ccccc3)c3ccccc3)CC2)cc1OC.COc1ccc(S(=O)(=O)N2CCNC[C@H]2C(=O)N2CCN(C(c3ccccc3)c3ccccc3)CC2)cc1OC.O=C(O)c1ccc(Oc2ccccc2)cc1. The first-order chi connectivity index (χ1) is 53.9. The number of sulfonamides is 2. The van der Waals surface area contributed by atoms with Crippen molar-refractivity contribution in [3.05, 3.63) is 300 Å². The van der Waals surface area contributed by atoms with Crippen molar-refractivity contribution < 1.29 is 69.5 Å². The second-order valence-electron chi connectivity index (χ2n) is 26.6. The van der Waals surface area contributed by atoms with Gasteiger partial charge >= 0.3 is 5.97 Å². The Morgan fingerprint density at radius 2 is 0.703 bits per heavy atom. The summed E-state index contributed by atoms with van der Waals surface area (Å²) in [6.45, 7) is 5.22. The number of nitrogens with zero attached hydrogens (tertiary/aromatic N) is 7. The average molecular weight is 1540 g/mol. The quantitative estimate of drug-likeness (QED) is 0.0640. The number of carbonyl (C=O) groups is 4. The maximum atomic E-state index is 14.6. The van der Waals surface area contributed by atoms with Gasteiger partial charge in [-0.3, -0.25) is 24.2 Å². The first-order valence-electron chi connectivity index (χ1n) is 36.6. The molecule has 10 aromatic carbocycles. The van der Waals surface area contributed by atoms with Gasteiger partial charge in [-0.15, -0.1) is 0 Å². The summed E-state index contributed by atoms with van der Waals surface area (Å²) in [5.41, 5.74) is 5.38. The molecule has 576 valence electrons. The van der Waals surface area contributed by atoms with Gasteiger partial charge in [-0.2, -0.15) is 8.61 Å². The van der Waals surface area contributed by atoms with Crippen LogP contribution in [0.15, 0.2) is 277 Å². The molecule has 2 atom stereocenters. The second kappa shape index (κ2) is 37.3. The van der Waals surface area contributed by atoms with E-state index in [0.717, 1.165) is 16.9 Å². The first-order valence-corrected chi connectivity index (χ1v) is 39.5. The van der Waals surface area contributed by atoms with E-state index >= 15 is 0 Å². The monoisotopic (exact) mass is 1540 g/mol. The molecule has 0 aromatic heterocycles. The number of rotatable bonds is 22. The average Bonchev–Trinajstić information content (AvgIpc) is 0.772. The number of nitrogens with one attached hydrogen (secondary N) is 1. The van der Waals surface area contributed by atoms with Gasteiger partial charge in [-0.1, -0.05) is 158 Å². The number of carboxylic acid groups (broad SMARTS) is 1. The van der Waals surface area contributed by atoms with Gasteiger partial charge in [0, 0.05) is 109 Å². The third-order valence-electron chi connectivity index (χ3n) is 19.9. The Balaban J connectivity index is 0.000000177. The maximum Gasteiger partial charge on any atom is 0.335 e. The van der Waals surface area contributed by atoms with E-state index in [0.29, 0.717) is 99.0 Å². The molecule has 4 aliphatic heterocycles.